The van der Waals surface area contributed by atoms with E-state index in [2.05, 4.69) is 6.92 Å². The number of rotatable bonds is 3. The third-order valence-electron chi connectivity index (χ3n) is 4.09. The number of nitrogens with two attached hydrogens (primary N) is 1. The van der Waals surface area contributed by atoms with Gasteiger partial charge < -0.3 is 10.6 Å². The fourth-order valence-electron chi connectivity index (χ4n) is 2.79. The summed E-state index contributed by atoms with van der Waals surface area (Å²) in [4.78, 5) is 14.6. The zero-order chi connectivity index (χ0) is 14.9. The van der Waals surface area contributed by atoms with Crippen LogP contribution in [-0.4, -0.2) is 29.9 Å². The van der Waals surface area contributed by atoms with E-state index in [1.807, 2.05) is 17.9 Å². The van der Waals surface area contributed by atoms with Crippen molar-refractivity contribution in [2.45, 2.75) is 32.2 Å². The van der Waals surface area contributed by atoms with Crippen LogP contribution in [0.1, 0.15) is 31.7 Å². The van der Waals surface area contributed by atoms with Crippen molar-refractivity contribution in [2.75, 3.05) is 13.1 Å². The molecule has 1 aliphatic heterocycles. The van der Waals surface area contributed by atoms with Gasteiger partial charge in [0, 0.05) is 12.6 Å². The van der Waals surface area contributed by atoms with E-state index in [9.17, 15) is 4.79 Å². The van der Waals surface area contributed by atoms with Crippen molar-refractivity contribution in [3.63, 3.8) is 0 Å². The number of halogens is 2. The van der Waals surface area contributed by atoms with Crippen molar-refractivity contribution >= 4 is 29.1 Å². The molecule has 3 unspecified atom stereocenters. The van der Waals surface area contributed by atoms with E-state index >= 15 is 0 Å². The molecule has 5 heteroatoms. The minimum Gasteiger partial charge on any atom is -0.339 e. The van der Waals surface area contributed by atoms with Gasteiger partial charge in [-0.1, -0.05) is 29.3 Å². The molecule has 1 heterocycles. The smallest absolute Gasteiger partial charge is 0.230 e. The first-order valence-electron chi connectivity index (χ1n) is 6.89. The molecule has 0 saturated carbocycles. The summed E-state index contributed by atoms with van der Waals surface area (Å²) in [6, 6.07) is 5.62. The van der Waals surface area contributed by atoms with Gasteiger partial charge in [0.1, 0.15) is 0 Å². The Morgan fingerprint density at radius 3 is 2.70 bits per heavy atom. The molecule has 110 valence electrons. The van der Waals surface area contributed by atoms with Crippen LogP contribution in [0.2, 0.25) is 10.0 Å². The van der Waals surface area contributed by atoms with Crippen molar-refractivity contribution < 1.29 is 4.79 Å². The molecule has 2 rings (SSSR count). The second kappa shape index (κ2) is 6.33. The van der Waals surface area contributed by atoms with Gasteiger partial charge in [-0.2, -0.15) is 0 Å². The number of nitrogens with zero attached hydrogens (tertiary/aromatic N) is 1. The van der Waals surface area contributed by atoms with E-state index in [0.717, 1.165) is 18.5 Å². The lowest BCUT2D eigenvalue weighted by Gasteiger charge is -2.25. The summed E-state index contributed by atoms with van der Waals surface area (Å²) >= 11 is 11.9. The molecule has 0 bridgehead atoms. The zero-order valence-corrected chi connectivity index (χ0v) is 13.3. The molecule has 1 aliphatic rings. The van der Waals surface area contributed by atoms with E-state index in [-0.39, 0.29) is 17.9 Å². The SMILES string of the molecule is CC(C(=O)N1CC(CN)CC1C)c1ccc(Cl)c(Cl)c1. The predicted molar refractivity (Wildman–Crippen MR) is 83.2 cm³/mol. The molecule has 3 nitrogen and oxygen atoms in total. The Morgan fingerprint density at radius 1 is 1.45 bits per heavy atom. The van der Waals surface area contributed by atoms with Crippen LogP contribution in [0.5, 0.6) is 0 Å². The zero-order valence-electron chi connectivity index (χ0n) is 11.8. The molecule has 0 aliphatic carbocycles. The normalized spacial score (nSPS) is 23.9. The van der Waals surface area contributed by atoms with Crippen LogP contribution in [0.25, 0.3) is 0 Å². The minimum atomic E-state index is -0.219. The average molecular weight is 315 g/mol. The van der Waals surface area contributed by atoms with Crippen molar-refractivity contribution in [2.24, 2.45) is 11.7 Å². The third kappa shape index (κ3) is 3.11. The van der Waals surface area contributed by atoms with E-state index in [0.29, 0.717) is 22.5 Å². The van der Waals surface area contributed by atoms with E-state index in [1.54, 1.807) is 12.1 Å². The summed E-state index contributed by atoms with van der Waals surface area (Å²) in [5.41, 5.74) is 6.61. The number of likely N-dealkylation sites (tertiary alicyclic amines) is 1. The van der Waals surface area contributed by atoms with Crippen molar-refractivity contribution in [1.29, 1.82) is 0 Å². The van der Waals surface area contributed by atoms with Gasteiger partial charge in [-0.25, -0.2) is 0 Å². The molecule has 1 amide bonds. The van der Waals surface area contributed by atoms with Gasteiger partial charge in [0.15, 0.2) is 0 Å². The highest BCUT2D eigenvalue weighted by atomic mass is 35.5. The van der Waals surface area contributed by atoms with Gasteiger partial charge >= 0.3 is 0 Å². The lowest BCUT2D eigenvalue weighted by molar-refractivity contribution is -0.133. The summed E-state index contributed by atoms with van der Waals surface area (Å²) in [5, 5.41) is 0.992. The first-order chi connectivity index (χ1) is 9.43. The second-order valence-electron chi connectivity index (χ2n) is 5.57. The highest BCUT2D eigenvalue weighted by Gasteiger charge is 2.34. The first kappa shape index (κ1) is 15.6. The van der Waals surface area contributed by atoms with Crippen LogP contribution in [0.15, 0.2) is 18.2 Å². The van der Waals surface area contributed by atoms with Crippen LogP contribution in [0, 0.1) is 5.92 Å². The molecule has 0 radical (unpaired) electrons. The first-order valence-corrected chi connectivity index (χ1v) is 7.65. The quantitative estimate of drug-likeness (QED) is 0.930. The summed E-state index contributed by atoms with van der Waals surface area (Å²) in [5.74, 6) is 0.325. The van der Waals surface area contributed by atoms with Crippen molar-refractivity contribution in [3.05, 3.63) is 33.8 Å². The molecular formula is C15H20Cl2N2O. The Bertz CT molecular complexity index is 507. The van der Waals surface area contributed by atoms with Gasteiger partial charge in [0.2, 0.25) is 5.91 Å². The number of hydrogen-bond acceptors (Lipinski definition) is 2. The van der Waals surface area contributed by atoms with Gasteiger partial charge in [-0.15, -0.1) is 0 Å². The molecule has 1 fully saturated rings. The van der Waals surface area contributed by atoms with Gasteiger partial charge in [-0.3, -0.25) is 4.79 Å². The lowest BCUT2D eigenvalue weighted by atomic mass is 9.99. The van der Waals surface area contributed by atoms with Gasteiger partial charge in [0.05, 0.1) is 16.0 Å². The van der Waals surface area contributed by atoms with Gasteiger partial charge in [-0.05, 0) is 50.4 Å². The molecule has 2 N–H and O–H groups in total. The summed E-state index contributed by atoms with van der Waals surface area (Å²) in [6.45, 7) is 5.37. The highest BCUT2D eigenvalue weighted by Crippen LogP contribution is 2.30. The van der Waals surface area contributed by atoms with E-state index in [1.165, 1.54) is 0 Å². The number of hydrogen-bond donors (Lipinski definition) is 1. The van der Waals surface area contributed by atoms with Crippen LogP contribution in [-0.2, 0) is 4.79 Å². The molecule has 1 aromatic rings. The minimum absolute atomic E-state index is 0.131. The molecule has 1 aromatic carbocycles. The molecule has 3 atom stereocenters. The summed E-state index contributed by atoms with van der Waals surface area (Å²) in [6.07, 6.45) is 0.982. The Labute approximate surface area is 130 Å². The second-order valence-corrected chi connectivity index (χ2v) is 6.39. The molecule has 1 saturated heterocycles. The maximum absolute atomic E-state index is 12.6. The van der Waals surface area contributed by atoms with Gasteiger partial charge in [0.25, 0.3) is 0 Å². The monoisotopic (exact) mass is 314 g/mol. The summed E-state index contributed by atoms with van der Waals surface area (Å²) in [7, 11) is 0. The predicted octanol–water partition coefficient (Wildman–Crippen LogP) is 3.29. The fraction of sp³-hybridized carbons (Fsp3) is 0.533. The Hall–Kier alpha value is -0.770. The van der Waals surface area contributed by atoms with Crippen molar-refractivity contribution in [3.8, 4) is 0 Å². The largest absolute Gasteiger partial charge is 0.339 e. The van der Waals surface area contributed by atoms with Crippen LogP contribution in [0.3, 0.4) is 0 Å². The summed E-state index contributed by atoms with van der Waals surface area (Å²) < 4.78 is 0. The maximum Gasteiger partial charge on any atom is 0.230 e. The topological polar surface area (TPSA) is 46.3 Å². The molecule has 20 heavy (non-hydrogen) atoms. The number of carbonyl (C=O) groups is 1. The van der Waals surface area contributed by atoms with Crippen LogP contribution in [0.4, 0.5) is 0 Å². The standard InChI is InChI=1S/C15H20Cl2N2O/c1-9-5-11(7-18)8-19(9)15(20)10(2)12-3-4-13(16)14(17)6-12/h3-4,6,9-11H,5,7-8,18H2,1-2H3. The molecular weight excluding hydrogens is 295 g/mol. The number of benzene rings is 1. The molecule has 0 aromatic heterocycles. The Morgan fingerprint density at radius 2 is 2.15 bits per heavy atom. The fourth-order valence-corrected chi connectivity index (χ4v) is 3.10. The number of amides is 1. The van der Waals surface area contributed by atoms with E-state index < -0.39 is 0 Å². The average Bonchev–Trinajstić information content (AvgIpc) is 2.81. The number of carbonyl (C=O) groups excluding carboxylic acids is 1. The highest BCUT2D eigenvalue weighted by molar-refractivity contribution is 6.42. The van der Waals surface area contributed by atoms with E-state index in [4.69, 9.17) is 28.9 Å². The molecule has 0 spiro atoms. The van der Waals surface area contributed by atoms with Crippen LogP contribution < -0.4 is 5.73 Å². The Balaban J connectivity index is 2.14. The third-order valence-corrected chi connectivity index (χ3v) is 4.83. The van der Waals surface area contributed by atoms with Crippen LogP contribution >= 0.6 is 23.2 Å². The Kier molecular flexibility index (Phi) is 4.95. The maximum atomic E-state index is 12.6. The lowest BCUT2D eigenvalue weighted by Crippen LogP contribution is -2.37. The van der Waals surface area contributed by atoms with Crippen molar-refractivity contribution in [1.82, 2.24) is 4.90 Å².